The fourth-order valence-corrected chi connectivity index (χ4v) is 4.12. The van der Waals surface area contributed by atoms with Gasteiger partial charge in [-0.2, -0.15) is 0 Å². The third kappa shape index (κ3) is 5.61. The van der Waals surface area contributed by atoms with E-state index in [-0.39, 0.29) is 24.3 Å². The first-order valence-corrected chi connectivity index (χ1v) is 11.6. The van der Waals surface area contributed by atoms with Crippen LogP contribution in [0.2, 0.25) is 10.0 Å². The Kier molecular flexibility index (Phi) is 7.43. The van der Waals surface area contributed by atoms with Gasteiger partial charge in [-0.3, -0.25) is 4.79 Å². The normalized spacial score (nSPS) is 15.8. The van der Waals surface area contributed by atoms with Gasteiger partial charge in [0.05, 0.1) is 18.2 Å². The predicted molar refractivity (Wildman–Crippen MR) is 130 cm³/mol. The fraction of sp³-hybridized carbons (Fsp3) is 0.269. The largest absolute Gasteiger partial charge is 0.493 e. The number of aliphatic hydroxyl groups is 1. The van der Waals surface area contributed by atoms with Crippen molar-refractivity contribution in [1.82, 2.24) is 5.32 Å². The summed E-state index contributed by atoms with van der Waals surface area (Å²) in [6, 6.07) is 18.0. The highest BCUT2D eigenvalue weighted by Gasteiger charge is 2.23. The molecule has 0 fully saturated rings. The molecule has 1 amide bonds. The Labute approximate surface area is 203 Å². The van der Waals surface area contributed by atoms with Crippen LogP contribution in [0.5, 0.6) is 17.2 Å². The van der Waals surface area contributed by atoms with E-state index in [1.165, 1.54) is 0 Å². The molecule has 0 saturated carbocycles. The summed E-state index contributed by atoms with van der Waals surface area (Å²) in [7, 11) is 0. The second-order valence-electron chi connectivity index (χ2n) is 8.13. The Morgan fingerprint density at radius 1 is 1.15 bits per heavy atom. The van der Waals surface area contributed by atoms with Crippen molar-refractivity contribution >= 4 is 29.1 Å². The van der Waals surface area contributed by atoms with Crippen LogP contribution in [0.25, 0.3) is 0 Å². The van der Waals surface area contributed by atoms with Crippen LogP contribution in [0.1, 0.15) is 46.7 Å². The highest BCUT2D eigenvalue weighted by molar-refractivity contribution is 6.32. The average molecular weight is 486 g/mol. The molecule has 3 aromatic carbocycles. The number of hydrogen-bond acceptors (Lipinski definition) is 4. The maximum absolute atomic E-state index is 12.5. The zero-order valence-electron chi connectivity index (χ0n) is 18.2. The van der Waals surface area contributed by atoms with Gasteiger partial charge in [-0.15, -0.1) is 0 Å². The number of carbonyl (C=O) groups is 1. The van der Waals surface area contributed by atoms with Gasteiger partial charge in [0.15, 0.2) is 0 Å². The zero-order chi connectivity index (χ0) is 23.4. The molecule has 0 aromatic heterocycles. The van der Waals surface area contributed by atoms with Crippen molar-refractivity contribution in [2.24, 2.45) is 0 Å². The lowest BCUT2D eigenvalue weighted by Gasteiger charge is -2.25. The van der Waals surface area contributed by atoms with Crippen LogP contribution in [0.15, 0.2) is 60.7 Å². The van der Waals surface area contributed by atoms with Crippen molar-refractivity contribution in [2.75, 3.05) is 19.8 Å². The van der Waals surface area contributed by atoms with Gasteiger partial charge in [0.2, 0.25) is 0 Å². The molecule has 7 heteroatoms. The molecule has 172 valence electrons. The first-order valence-electron chi connectivity index (χ1n) is 10.8. The van der Waals surface area contributed by atoms with Crippen molar-refractivity contribution in [3.8, 4) is 17.2 Å². The van der Waals surface area contributed by atoms with E-state index in [1.807, 2.05) is 24.3 Å². The van der Waals surface area contributed by atoms with E-state index in [1.54, 1.807) is 36.4 Å². The van der Waals surface area contributed by atoms with Gasteiger partial charge in [-0.05, 0) is 60.4 Å². The minimum atomic E-state index is -0.155. The van der Waals surface area contributed by atoms with Crippen LogP contribution < -0.4 is 14.8 Å². The van der Waals surface area contributed by atoms with Gasteiger partial charge in [0.1, 0.15) is 17.2 Å². The molecule has 0 spiro atoms. The van der Waals surface area contributed by atoms with E-state index in [4.69, 9.17) is 32.7 Å². The molecule has 1 heterocycles. The molecule has 4 rings (SSSR count). The maximum atomic E-state index is 12.5. The number of nitrogens with one attached hydrogen (secondary N) is 1. The van der Waals surface area contributed by atoms with E-state index in [2.05, 4.69) is 12.2 Å². The number of fused-ring (bicyclic) bond motifs is 1. The van der Waals surface area contributed by atoms with Gasteiger partial charge in [-0.25, -0.2) is 0 Å². The minimum Gasteiger partial charge on any atom is -0.493 e. The van der Waals surface area contributed by atoms with E-state index in [0.717, 1.165) is 17.5 Å². The lowest BCUT2D eigenvalue weighted by Crippen LogP contribution is -2.27. The summed E-state index contributed by atoms with van der Waals surface area (Å²) in [6.07, 6.45) is 0.752. The van der Waals surface area contributed by atoms with E-state index >= 15 is 0 Å². The lowest BCUT2D eigenvalue weighted by atomic mass is 9.94. The summed E-state index contributed by atoms with van der Waals surface area (Å²) in [5, 5.41) is 13.7. The third-order valence-electron chi connectivity index (χ3n) is 5.80. The Morgan fingerprint density at radius 3 is 2.58 bits per heavy atom. The molecule has 1 aliphatic heterocycles. The van der Waals surface area contributed by atoms with Crippen LogP contribution in [0, 0.1) is 0 Å². The molecule has 2 N–H and O–H groups in total. The van der Waals surface area contributed by atoms with Crippen LogP contribution >= 0.6 is 23.2 Å². The molecular formula is C26H25Cl2NO4. The van der Waals surface area contributed by atoms with Crippen LogP contribution in [0.3, 0.4) is 0 Å². The van der Waals surface area contributed by atoms with Gasteiger partial charge < -0.3 is 19.9 Å². The number of halogens is 2. The molecule has 3 aromatic rings. The van der Waals surface area contributed by atoms with Gasteiger partial charge in [0.25, 0.3) is 5.91 Å². The standard InChI is InChI=1S/C26H25Cl2NO4/c1-16(17-2-6-20(27)7-3-17)14-29-26(31)18-4-8-21(9-5-18)33-25-13-24-22(12-23(25)28)19(15-30)10-11-32-24/h2-9,12-13,16,19,30H,10-11,14-15H2,1H3,(H,29,31). The van der Waals surface area contributed by atoms with Gasteiger partial charge >= 0.3 is 0 Å². The van der Waals surface area contributed by atoms with Gasteiger partial charge in [0, 0.05) is 34.7 Å². The molecule has 0 radical (unpaired) electrons. The molecule has 0 aliphatic carbocycles. The number of rotatable bonds is 7. The summed E-state index contributed by atoms with van der Waals surface area (Å²) in [5.41, 5.74) is 2.54. The number of benzene rings is 3. The maximum Gasteiger partial charge on any atom is 0.251 e. The molecule has 5 nitrogen and oxygen atoms in total. The summed E-state index contributed by atoms with van der Waals surface area (Å²) < 4.78 is 11.6. The summed E-state index contributed by atoms with van der Waals surface area (Å²) in [4.78, 5) is 12.5. The molecular weight excluding hydrogens is 461 g/mol. The summed E-state index contributed by atoms with van der Waals surface area (Å²) in [6.45, 7) is 3.15. The first-order chi connectivity index (χ1) is 15.9. The number of hydrogen-bond donors (Lipinski definition) is 2. The van der Waals surface area contributed by atoms with E-state index in [0.29, 0.717) is 46.0 Å². The van der Waals surface area contributed by atoms with Crippen LogP contribution in [-0.4, -0.2) is 30.8 Å². The summed E-state index contributed by atoms with van der Waals surface area (Å²) >= 11 is 12.3. The van der Waals surface area contributed by atoms with Crippen molar-refractivity contribution in [3.63, 3.8) is 0 Å². The smallest absolute Gasteiger partial charge is 0.251 e. The quantitative estimate of drug-likeness (QED) is 0.419. The minimum absolute atomic E-state index is 0.0144. The molecule has 0 bridgehead atoms. The number of aliphatic hydroxyl groups excluding tert-OH is 1. The molecule has 33 heavy (non-hydrogen) atoms. The Hall–Kier alpha value is -2.73. The topological polar surface area (TPSA) is 67.8 Å². The van der Waals surface area contributed by atoms with Crippen molar-refractivity contribution in [1.29, 1.82) is 0 Å². The summed E-state index contributed by atoms with van der Waals surface area (Å²) in [5.74, 6) is 1.71. The average Bonchev–Trinajstić information content (AvgIpc) is 2.83. The molecule has 1 aliphatic rings. The Morgan fingerprint density at radius 2 is 1.88 bits per heavy atom. The highest BCUT2D eigenvalue weighted by atomic mass is 35.5. The van der Waals surface area contributed by atoms with Crippen LogP contribution in [-0.2, 0) is 0 Å². The molecule has 2 atom stereocenters. The van der Waals surface area contributed by atoms with E-state index < -0.39 is 0 Å². The number of ether oxygens (including phenoxy) is 2. The Bertz CT molecular complexity index is 1120. The molecule has 2 unspecified atom stereocenters. The SMILES string of the molecule is CC(CNC(=O)c1ccc(Oc2cc3c(cc2Cl)C(CO)CCO3)cc1)c1ccc(Cl)cc1. The second kappa shape index (κ2) is 10.5. The first kappa shape index (κ1) is 23.4. The third-order valence-corrected chi connectivity index (χ3v) is 6.35. The van der Waals surface area contributed by atoms with Crippen molar-refractivity contribution < 1.29 is 19.4 Å². The number of carbonyl (C=O) groups excluding carboxylic acids is 1. The van der Waals surface area contributed by atoms with Gasteiger partial charge in [-0.1, -0.05) is 42.3 Å². The van der Waals surface area contributed by atoms with Crippen LogP contribution in [0.4, 0.5) is 0 Å². The zero-order valence-corrected chi connectivity index (χ0v) is 19.7. The van der Waals surface area contributed by atoms with Crippen molar-refractivity contribution in [3.05, 3.63) is 87.4 Å². The monoisotopic (exact) mass is 485 g/mol. The number of amides is 1. The highest BCUT2D eigenvalue weighted by Crippen LogP contribution is 2.41. The lowest BCUT2D eigenvalue weighted by molar-refractivity contribution is 0.0951. The molecule has 0 saturated heterocycles. The fourth-order valence-electron chi connectivity index (χ4n) is 3.79. The van der Waals surface area contributed by atoms with Crippen molar-refractivity contribution in [2.45, 2.75) is 25.2 Å². The predicted octanol–water partition coefficient (Wildman–Crippen LogP) is 6.18. The Balaban J connectivity index is 1.38. The second-order valence-corrected chi connectivity index (χ2v) is 8.97. The van der Waals surface area contributed by atoms with E-state index in [9.17, 15) is 9.90 Å².